The van der Waals surface area contributed by atoms with Gasteiger partial charge in [-0.15, -0.1) is 0 Å². The molecule has 0 saturated carbocycles. The Morgan fingerprint density at radius 3 is 3.06 bits per heavy atom. The summed E-state index contributed by atoms with van der Waals surface area (Å²) in [7, 11) is 0. The minimum atomic E-state index is 0.261. The van der Waals surface area contributed by atoms with E-state index in [4.69, 9.17) is 10.8 Å². The molecule has 1 aromatic heterocycles. The number of aliphatic hydroxyl groups excluding tert-OH is 1. The van der Waals surface area contributed by atoms with E-state index in [0.29, 0.717) is 0 Å². The molecule has 0 saturated heterocycles. The molecule has 86 valence electrons. The van der Waals surface area contributed by atoms with Gasteiger partial charge >= 0.3 is 0 Å². The predicted octanol–water partition coefficient (Wildman–Crippen LogP) is 2.01. The standard InChI is InChI=1S/C11H15N3OS/c12-8-3-4-9-10(7-8)14-11(13-9)16-6-2-1-5-15/h3-4,7,15H,1-2,5-6,12H2,(H,13,14). The topological polar surface area (TPSA) is 74.9 Å². The molecule has 4 N–H and O–H groups in total. The minimum absolute atomic E-state index is 0.261. The molecule has 0 aliphatic rings. The molecule has 0 amide bonds. The van der Waals surface area contributed by atoms with Crippen molar-refractivity contribution >= 4 is 28.5 Å². The van der Waals surface area contributed by atoms with Crippen LogP contribution in [0.25, 0.3) is 11.0 Å². The highest BCUT2D eigenvalue weighted by molar-refractivity contribution is 7.99. The van der Waals surface area contributed by atoms with Crippen molar-refractivity contribution in [1.29, 1.82) is 0 Å². The van der Waals surface area contributed by atoms with Crippen molar-refractivity contribution in [1.82, 2.24) is 9.97 Å². The Kier molecular flexibility index (Phi) is 3.69. The summed E-state index contributed by atoms with van der Waals surface area (Å²) in [5, 5.41) is 9.58. The van der Waals surface area contributed by atoms with Gasteiger partial charge < -0.3 is 15.8 Å². The number of thioether (sulfide) groups is 1. The Labute approximate surface area is 98.3 Å². The number of aliphatic hydroxyl groups is 1. The van der Waals surface area contributed by atoms with E-state index in [1.807, 2.05) is 18.2 Å². The number of benzene rings is 1. The molecular weight excluding hydrogens is 222 g/mol. The fraction of sp³-hybridized carbons (Fsp3) is 0.364. The normalized spacial score (nSPS) is 11.1. The molecular formula is C11H15N3OS. The van der Waals surface area contributed by atoms with Gasteiger partial charge in [-0.3, -0.25) is 0 Å². The number of nitrogens with one attached hydrogen (secondary N) is 1. The summed E-state index contributed by atoms with van der Waals surface area (Å²) in [6, 6.07) is 5.66. The van der Waals surface area contributed by atoms with Crippen LogP contribution in [0.1, 0.15) is 12.8 Å². The van der Waals surface area contributed by atoms with Crippen LogP contribution in [0.5, 0.6) is 0 Å². The van der Waals surface area contributed by atoms with Crippen LogP contribution in [0.15, 0.2) is 23.4 Å². The Morgan fingerprint density at radius 1 is 1.38 bits per heavy atom. The number of unbranched alkanes of at least 4 members (excludes halogenated alkanes) is 1. The maximum absolute atomic E-state index is 8.66. The van der Waals surface area contributed by atoms with E-state index < -0.39 is 0 Å². The van der Waals surface area contributed by atoms with Crippen molar-refractivity contribution in [3.05, 3.63) is 18.2 Å². The van der Waals surface area contributed by atoms with Crippen molar-refractivity contribution in [3.63, 3.8) is 0 Å². The summed E-state index contributed by atoms with van der Waals surface area (Å²) in [5.41, 5.74) is 8.35. The van der Waals surface area contributed by atoms with E-state index in [2.05, 4.69) is 9.97 Å². The largest absolute Gasteiger partial charge is 0.399 e. The SMILES string of the molecule is Nc1ccc2nc(SCCCCO)[nH]c2c1. The Balaban J connectivity index is 2.02. The van der Waals surface area contributed by atoms with Crippen LogP contribution >= 0.6 is 11.8 Å². The van der Waals surface area contributed by atoms with Crippen LogP contribution in [0.4, 0.5) is 5.69 Å². The number of aromatic nitrogens is 2. The van der Waals surface area contributed by atoms with Gasteiger partial charge in [0, 0.05) is 18.0 Å². The van der Waals surface area contributed by atoms with E-state index in [9.17, 15) is 0 Å². The van der Waals surface area contributed by atoms with Gasteiger partial charge in [-0.25, -0.2) is 4.98 Å². The van der Waals surface area contributed by atoms with E-state index in [-0.39, 0.29) is 6.61 Å². The second kappa shape index (κ2) is 5.23. The molecule has 0 unspecified atom stereocenters. The number of nitrogen functional groups attached to an aromatic ring is 1. The van der Waals surface area contributed by atoms with Crippen LogP contribution in [0.2, 0.25) is 0 Å². The first-order chi connectivity index (χ1) is 7.79. The number of H-pyrrole nitrogens is 1. The van der Waals surface area contributed by atoms with Gasteiger partial charge in [0.1, 0.15) is 0 Å². The van der Waals surface area contributed by atoms with Crippen LogP contribution in [0, 0.1) is 0 Å². The lowest BCUT2D eigenvalue weighted by Gasteiger charge is -1.95. The Bertz CT molecular complexity index is 469. The summed E-state index contributed by atoms with van der Waals surface area (Å²) >= 11 is 1.67. The highest BCUT2D eigenvalue weighted by Gasteiger charge is 2.02. The van der Waals surface area contributed by atoms with Crippen LogP contribution in [-0.4, -0.2) is 27.4 Å². The first-order valence-electron chi connectivity index (χ1n) is 5.28. The highest BCUT2D eigenvalue weighted by atomic mass is 32.2. The van der Waals surface area contributed by atoms with E-state index >= 15 is 0 Å². The number of nitrogens with two attached hydrogens (primary N) is 1. The summed E-state index contributed by atoms with van der Waals surface area (Å²) in [5.74, 6) is 0.968. The molecule has 5 heteroatoms. The summed E-state index contributed by atoms with van der Waals surface area (Å²) in [6.45, 7) is 0.261. The fourth-order valence-electron chi connectivity index (χ4n) is 1.45. The number of rotatable bonds is 5. The summed E-state index contributed by atoms with van der Waals surface area (Å²) in [6.07, 6.45) is 1.85. The Hall–Kier alpha value is -1.20. The van der Waals surface area contributed by atoms with Crippen molar-refractivity contribution in [2.45, 2.75) is 18.0 Å². The number of hydrogen-bond acceptors (Lipinski definition) is 4. The molecule has 16 heavy (non-hydrogen) atoms. The zero-order valence-corrected chi connectivity index (χ0v) is 9.76. The quantitative estimate of drug-likeness (QED) is 0.422. The molecule has 0 fully saturated rings. The molecule has 1 heterocycles. The van der Waals surface area contributed by atoms with Gasteiger partial charge in [0.05, 0.1) is 11.0 Å². The third-order valence-corrected chi connectivity index (χ3v) is 3.24. The number of fused-ring (bicyclic) bond motifs is 1. The maximum Gasteiger partial charge on any atom is 0.166 e. The average molecular weight is 237 g/mol. The van der Waals surface area contributed by atoms with Crippen molar-refractivity contribution in [2.24, 2.45) is 0 Å². The molecule has 4 nitrogen and oxygen atoms in total. The lowest BCUT2D eigenvalue weighted by atomic mass is 10.3. The summed E-state index contributed by atoms with van der Waals surface area (Å²) in [4.78, 5) is 7.66. The number of aromatic amines is 1. The van der Waals surface area contributed by atoms with Gasteiger partial charge in [-0.05, 0) is 31.0 Å². The molecule has 0 radical (unpaired) electrons. The second-order valence-electron chi connectivity index (χ2n) is 3.60. The van der Waals surface area contributed by atoms with Crippen LogP contribution < -0.4 is 5.73 Å². The first-order valence-corrected chi connectivity index (χ1v) is 6.27. The second-order valence-corrected chi connectivity index (χ2v) is 4.68. The molecule has 0 spiro atoms. The Morgan fingerprint density at radius 2 is 2.25 bits per heavy atom. The number of nitrogens with zero attached hydrogens (tertiary/aromatic N) is 1. The van der Waals surface area contributed by atoms with Gasteiger partial charge in [0.15, 0.2) is 5.16 Å². The molecule has 0 bridgehead atoms. The van der Waals surface area contributed by atoms with E-state index in [1.165, 1.54) is 0 Å². The monoisotopic (exact) mass is 237 g/mol. The zero-order chi connectivity index (χ0) is 11.4. The van der Waals surface area contributed by atoms with Gasteiger partial charge in [-0.2, -0.15) is 0 Å². The number of hydrogen-bond donors (Lipinski definition) is 3. The lowest BCUT2D eigenvalue weighted by molar-refractivity contribution is 0.287. The van der Waals surface area contributed by atoms with Crippen LogP contribution in [0.3, 0.4) is 0 Å². The molecule has 1 aromatic carbocycles. The van der Waals surface area contributed by atoms with Crippen molar-refractivity contribution in [3.8, 4) is 0 Å². The van der Waals surface area contributed by atoms with Crippen molar-refractivity contribution in [2.75, 3.05) is 18.1 Å². The zero-order valence-electron chi connectivity index (χ0n) is 8.94. The minimum Gasteiger partial charge on any atom is -0.399 e. The summed E-state index contributed by atoms with van der Waals surface area (Å²) < 4.78 is 0. The lowest BCUT2D eigenvalue weighted by Crippen LogP contribution is -1.86. The van der Waals surface area contributed by atoms with Gasteiger partial charge in [0.25, 0.3) is 0 Å². The van der Waals surface area contributed by atoms with Gasteiger partial charge in [0.2, 0.25) is 0 Å². The maximum atomic E-state index is 8.66. The molecule has 2 rings (SSSR count). The third kappa shape index (κ3) is 2.68. The van der Waals surface area contributed by atoms with Crippen molar-refractivity contribution < 1.29 is 5.11 Å². The van der Waals surface area contributed by atoms with E-state index in [1.54, 1.807) is 11.8 Å². The first kappa shape index (κ1) is 11.3. The highest BCUT2D eigenvalue weighted by Crippen LogP contribution is 2.21. The molecule has 0 atom stereocenters. The number of imidazole rings is 1. The third-order valence-electron chi connectivity index (χ3n) is 2.28. The fourth-order valence-corrected chi connectivity index (χ4v) is 2.34. The molecule has 2 aromatic rings. The smallest absolute Gasteiger partial charge is 0.166 e. The van der Waals surface area contributed by atoms with Gasteiger partial charge in [-0.1, -0.05) is 11.8 Å². The average Bonchev–Trinajstić information content (AvgIpc) is 2.66. The predicted molar refractivity (Wildman–Crippen MR) is 67.5 cm³/mol. The molecule has 0 aliphatic carbocycles. The number of anilines is 1. The van der Waals surface area contributed by atoms with E-state index in [0.717, 1.165) is 40.5 Å². The van der Waals surface area contributed by atoms with Crippen LogP contribution in [-0.2, 0) is 0 Å². The molecule has 0 aliphatic heterocycles.